The molecule has 0 radical (unpaired) electrons. The molecule has 144 valence electrons. The maximum Gasteiger partial charge on any atom is 0.227 e. The molecule has 0 spiro atoms. The van der Waals surface area contributed by atoms with Crippen LogP contribution in [0.5, 0.6) is 5.75 Å². The summed E-state index contributed by atoms with van der Waals surface area (Å²) in [7, 11) is 1.65. The van der Waals surface area contributed by atoms with E-state index in [4.69, 9.17) is 4.74 Å². The Balaban J connectivity index is 1.69. The fourth-order valence-electron chi connectivity index (χ4n) is 3.07. The number of anilines is 3. The Morgan fingerprint density at radius 2 is 1.78 bits per heavy atom. The van der Waals surface area contributed by atoms with Crippen molar-refractivity contribution in [2.45, 2.75) is 20.8 Å². The molecule has 7 nitrogen and oxygen atoms in total. The van der Waals surface area contributed by atoms with Gasteiger partial charge in [-0.15, -0.1) is 0 Å². The van der Waals surface area contributed by atoms with Gasteiger partial charge in [0.05, 0.1) is 7.11 Å². The highest BCUT2D eigenvalue weighted by molar-refractivity contribution is 5.78. The number of benzene rings is 1. The van der Waals surface area contributed by atoms with Gasteiger partial charge in [-0.05, 0) is 31.2 Å². The number of piperazine rings is 1. The molecule has 1 saturated heterocycles. The monoisotopic (exact) mass is 369 g/mol. The van der Waals surface area contributed by atoms with Crippen molar-refractivity contribution in [2.24, 2.45) is 5.92 Å². The van der Waals surface area contributed by atoms with Crippen molar-refractivity contribution < 1.29 is 9.53 Å². The van der Waals surface area contributed by atoms with Crippen LogP contribution in [0.3, 0.4) is 0 Å². The largest absolute Gasteiger partial charge is 0.497 e. The van der Waals surface area contributed by atoms with Gasteiger partial charge >= 0.3 is 0 Å². The molecule has 0 saturated carbocycles. The lowest BCUT2D eigenvalue weighted by Crippen LogP contribution is -2.50. The number of aromatic nitrogens is 2. The van der Waals surface area contributed by atoms with E-state index in [0.717, 1.165) is 36.0 Å². The molecule has 1 aliphatic heterocycles. The average Bonchev–Trinajstić information content (AvgIpc) is 2.67. The maximum atomic E-state index is 12.2. The predicted molar refractivity (Wildman–Crippen MR) is 107 cm³/mol. The van der Waals surface area contributed by atoms with Crippen molar-refractivity contribution in [3.05, 3.63) is 36.0 Å². The molecule has 27 heavy (non-hydrogen) atoms. The average molecular weight is 369 g/mol. The molecule has 7 heteroatoms. The third kappa shape index (κ3) is 4.67. The Hall–Kier alpha value is -2.83. The topological polar surface area (TPSA) is 70.6 Å². The van der Waals surface area contributed by atoms with Crippen LogP contribution < -0.4 is 15.0 Å². The van der Waals surface area contributed by atoms with Gasteiger partial charge in [-0.2, -0.15) is 4.98 Å². The van der Waals surface area contributed by atoms with Gasteiger partial charge in [0.25, 0.3) is 0 Å². The van der Waals surface area contributed by atoms with Crippen LogP contribution in [0, 0.1) is 12.8 Å². The van der Waals surface area contributed by atoms with E-state index in [9.17, 15) is 4.79 Å². The van der Waals surface area contributed by atoms with Crippen LogP contribution >= 0.6 is 0 Å². The molecule has 3 rings (SSSR count). The molecule has 1 aromatic carbocycles. The number of ether oxygens (including phenoxy) is 1. The first-order valence-electron chi connectivity index (χ1n) is 9.27. The molecule has 1 amide bonds. The second-order valence-electron chi connectivity index (χ2n) is 7.02. The van der Waals surface area contributed by atoms with Crippen molar-refractivity contribution >= 4 is 23.4 Å². The van der Waals surface area contributed by atoms with E-state index in [1.165, 1.54) is 0 Å². The number of hydrogen-bond donors (Lipinski definition) is 1. The molecule has 1 N–H and O–H groups in total. The third-order valence-electron chi connectivity index (χ3n) is 4.57. The number of carbonyl (C=O) groups is 1. The minimum Gasteiger partial charge on any atom is -0.497 e. The molecular formula is C20H27N5O2. The highest BCUT2D eigenvalue weighted by Gasteiger charge is 2.24. The van der Waals surface area contributed by atoms with Gasteiger partial charge in [0.2, 0.25) is 11.9 Å². The summed E-state index contributed by atoms with van der Waals surface area (Å²) in [4.78, 5) is 25.5. The Morgan fingerprint density at radius 1 is 1.11 bits per heavy atom. The molecule has 0 unspecified atom stereocenters. The lowest BCUT2D eigenvalue weighted by Gasteiger charge is -2.35. The first-order valence-corrected chi connectivity index (χ1v) is 9.27. The van der Waals surface area contributed by atoms with E-state index in [0.29, 0.717) is 19.0 Å². The van der Waals surface area contributed by atoms with Gasteiger partial charge < -0.3 is 19.9 Å². The summed E-state index contributed by atoms with van der Waals surface area (Å²) in [6.07, 6.45) is 0. The van der Waals surface area contributed by atoms with Crippen LogP contribution in [-0.2, 0) is 4.79 Å². The van der Waals surface area contributed by atoms with E-state index in [-0.39, 0.29) is 11.8 Å². The van der Waals surface area contributed by atoms with Gasteiger partial charge in [-0.3, -0.25) is 4.79 Å². The molecule has 0 aliphatic carbocycles. The summed E-state index contributed by atoms with van der Waals surface area (Å²) in [6, 6.07) is 9.63. The number of amides is 1. The SMILES string of the molecule is COc1ccc(Nc2cc(C)nc(N3CCN(C(=O)C(C)C)CC3)n2)cc1. The number of methoxy groups -OCH3 is 1. The van der Waals surface area contributed by atoms with Crippen molar-refractivity contribution in [2.75, 3.05) is 43.5 Å². The second kappa shape index (κ2) is 8.24. The third-order valence-corrected chi connectivity index (χ3v) is 4.57. The van der Waals surface area contributed by atoms with E-state index in [2.05, 4.69) is 20.2 Å². The number of rotatable bonds is 5. The summed E-state index contributed by atoms with van der Waals surface area (Å²) in [5, 5.41) is 3.32. The summed E-state index contributed by atoms with van der Waals surface area (Å²) in [5.74, 6) is 2.51. The Bertz CT molecular complexity index is 783. The van der Waals surface area contributed by atoms with Crippen molar-refractivity contribution in [3.63, 3.8) is 0 Å². The molecular weight excluding hydrogens is 342 g/mol. The number of nitrogens with one attached hydrogen (secondary N) is 1. The summed E-state index contributed by atoms with van der Waals surface area (Å²) in [5.41, 5.74) is 1.84. The van der Waals surface area contributed by atoms with Crippen LogP contribution in [0.2, 0.25) is 0 Å². The number of carbonyl (C=O) groups excluding carboxylic acids is 1. The van der Waals surface area contributed by atoms with Crippen molar-refractivity contribution in [1.82, 2.24) is 14.9 Å². The van der Waals surface area contributed by atoms with Gasteiger partial charge in [0.1, 0.15) is 11.6 Å². The van der Waals surface area contributed by atoms with Crippen LogP contribution in [0.25, 0.3) is 0 Å². The van der Waals surface area contributed by atoms with E-state index in [1.807, 2.05) is 56.0 Å². The Kier molecular flexibility index (Phi) is 5.78. The highest BCUT2D eigenvalue weighted by Crippen LogP contribution is 2.21. The van der Waals surface area contributed by atoms with Crippen LogP contribution in [-0.4, -0.2) is 54.1 Å². The van der Waals surface area contributed by atoms with Gasteiger partial charge in [-0.1, -0.05) is 13.8 Å². The first kappa shape index (κ1) is 18.9. The van der Waals surface area contributed by atoms with E-state index >= 15 is 0 Å². The first-order chi connectivity index (χ1) is 13.0. The van der Waals surface area contributed by atoms with Gasteiger partial charge in [0.15, 0.2) is 0 Å². The van der Waals surface area contributed by atoms with Gasteiger partial charge in [-0.25, -0.2) is 4.98 Å². The number of aryl methyl sites for hydroxylation is 1. The molecule has 0 atom stereocenters. The van der Waals surface area contributed by atoms with Crippen molar-refractivity contribution in [3.8, 4) is 5.75 Å². The number of hydrogen-bond acceptors (Lipinski definition) is 6. The van der Waals surface area contributed by atoms with E-state index in [1.54, 1.807) is 7.11 Å². The van der Waals surface area contributed by atoms with Gasteiger partial charge in [0, 0.05) is 49.5 Å². The summed E-state index contributed by atoms with van der Waals surface area (Å²) in [6.45, 7) is 8.73. The molecule has 0 bridgehead atoms. The molecule has 1 fully saturated rings. The zero-order chi connectivity index (χ0) is 19.4. The normalized spacial score (nSPS) is 14.4. The predicted octanol–water partition coefficient (Wildman–Crippen LogP) is 2.84. The van der Waals surface area contributed by atoms with Crippen LogP contribution in [0.1, 0.15) is 19.5 Å². The summed E-state index contributed by atoms with van der Waals surface area (Å²) < 4.78 is 5.19. The zero-order valence-electron chi connectivity index (χ0n) is 16.4. The fourth-order valence-corrected chi connectivity index (χ4v) is 3.07. The zero-order valence-corrected chi connectivity index (χ0v) is 16.4. The molecule has 1 aromatic heterocycles. The fraction of sp³-hybridized carbons (Fsp3) is 0.450. The lowest BCUT2D eigenvalue weighted by molar-refractivity contribution is -0.134. The maximum absolute atomic E-state index is 12.2. The number of nitrogens with zero attached hydrogens (tertiary/aromatic N) is 4. The van der Waals surface area contributed by atoms with E-state index < -0.39 is 0 Å². The quantitative estimate of drug-likeness (QED) is 0.874. The minimum absolute atomic E-state index is 0.0343. The lowest BCUT2D eigenvalue weighted by atomic mass is 10.1. The van der Waals surface area contributed by atoms with Crippen LogP contribution in [0.4, 0.5) is 17.5 Å². The van der Waals surface area contributed by atoms with Crippen LogP contribution in [0.15, 0.2) is 30.3 Å². The minimum atomic E-state index is 0.0343. The highest BCUT2D eigenvalue weighted by atomic mass is 16.5. The Morgan fingerprint density at radius 3 is 2.37 bits per heavy atom. The molecule has 2 heterocycles. The second-order valence-corrected chi connectivity index (χ2v) is 7.02. The molecule has 1 aliphatic rings. The van der Waals surface area contributed by atoms with Crippen molar-refractivity contribution in [1.29, 1.82) is 0 Å². The summed E-state index contributed by atoms with van der Waals surface area (Å²) >= 11 is 0. The standard InChI is InChI=1S/C20H27N5O2/c1-14(2)19(26)24-9-11-25(12-10-24)20-21-15(3)13-18(23-20)22-16-5-7-17(27-4)8-6-16/h5-8,13-14H,9-12H2,1-4H3,(H,21,22,23). The Labute approximate surface area is 160 Å². The molecule has 2 aromatic rings. The smallest absolute Gasteiger partial charge is 0.227 e.